The standard InChI is InChI=1S/C16H27N3O/c1-13-4-5-16(20)15(12-13)14(2)17-6-7-19-10-8-18(3)9-11-19/h4-5,12,14,17,20H,6-11H2,1-3H3. The Bertz CT molecular complexity index is 428. The first kappa shape index (κ1) is 15.3. The number of phenolic OH excluding ortho intramolecular Hbond substituents is 1. The Labute approximate surface area is 122 Å². The third-order valence-electron chi connectivity index (χ3n) is 4.12. The molecule has 112 valence electrons. The zero-order valence-corrected chi connectivity index (χ0v) is 12.9. The first-order valence-electron chi connectivity index (χ1n) is 7.50. The number of hydrogen-bond donors (Lipinski definition) is 2. The Kier molecular flexibility index (Phi) is 5.40. The number of nitrogens with one attached hydrogen (secondary N) is 1. The van der Waals surface area contributed by atoms with Crippen LogP contribution in [0.1, 0.15) is 24.1 Å². The maximum atomic E-state index is 9.93. The Hall–Kier alpha value is -1.10. The maximum absolute atomic E-state index is 9.93. The van der Waals surface area contributed by atoms with Gasteiger partial charge < -0.3 is 15.3 Å². The molecule has 1 fully saturated rings. The Morgan fingerprint density at radius 3 is 2.65 bits per heavy atom. The molecule has 0 aliphatic carbocycles. The number of hydrogen-bond acceptors (Lipinski definition) is 4. The SMILES string of the molecule is Cc1ccc(O)c(C(C)NCCN2CCN(C)CC2)c1. The van der Waals surface area contributed by atoms with Crippen molar-refractivity contribution in [1.82, 2.24) is 15.1 Å². The Morgan fingerprint density at radius 1 is 1.25 bits per heavy atom. The summed E-state index contributed by atoms with van der Waals surface area (Å²) in [5.74, 6) is 0.384. The molecular formula is C16H27N3O. The van der Waals surface area contributed by atoms with Gasteiger partial charge in [-0.2, -0.15) is 0 Å². The molecule has 1 aromatic carbocycles. The summed E-state index contributed by atoms with van der Waals surface area (Å²) in [5.41, 5.74) is 2.17. The fraction of sp³-hybridized carbons (Fsp3) is 0.625. The van der Waals surface area contributed by atoms with Crippen LogP contribution in [-0.2, 0) is 0 Å². The van der Waals surface area contributed by atoms with Crippen LogP contribution in [-0.4, -0.2) is 61.2 Å². The monoisotopic (exact) mass is 277 g/mol. The molecule has 1 aliphatic rings. The molecule has 0 bridgehead atoms. The van der Waals surface area contributed by atoms with E-state index in [0.717, 1.165) is 44.8 Å². The number of aromatic hydroxyl groups is 1. The van der Waals surface area contributed by atoms with Crippen molar-refractivity contribution in [3.05, 3.63) is 29.3 Å². The second-order valence-corrected chi connectivity index (χ2v) is 5.88. The quantitative estimate of drug-likeness (QED) is 0.857. The average molecular weight is 277 g/mol. The van der Waals surface area contributed by atoms with Gasteiger partial charge >= 0.3 is 0 Å². The van der Waals surface area contributed by atoms with Crippen LogP contribution in [0.15, 0.2) is 18.2 Å². The number of nitrogens with zero attached hydrogens (tertiary/aromatic N) is 2. The van der Waals surface area contributed by atoms with Gasteiger partial charge in [-0.05, 0) is 27.0 Å². The van der Waals surface area contributed by atoms with Crippen LogP contribution in [0.5, 0.6) is 5.75 Å². The second kappa shape index (κ2) is 7.07. The van der Waals surface area contributed by atoms with Crippen molar-refractivity contribution in [2.45, 2.75) is 19.9 Å². The third kappa shape index (κ3) is 4.20. The predicted molar refractivity (Wildman–Crippen MR) is 83.2 cm³/mol. The molecule has 2 rings (SSSR count). The minimum Gasteiger partial charge on any atom is -0.508 e. The fourth-order valence-electron chi connectivity index (χ4n) is 2.64. The lowest BCUT2D eigenvalue weighted by molar-refractivity contribution is 0.154. The molecule has 0 saturated carbocycles. The second-order valence-electron chi connectivity index (χ2n) is 5.88. The average Bonchev–Trinajstić information content (AvgIpc) is 2.43. The number of benzene rings is 1. The fourth-order valence-corrected chi connectivity index (χ4v) is 2.64. The van der Waals surface area contributed by atoms with E-state index in [9.17, 15) is 5.11 Å². The molecule has 20 heavy (non-hydrogen) atoms. The van der Waals surface area contributed by atoms with Crippen molar-refractivity contribution in [3.8, 4) is 5.75 Å². The maximum Gasteiger partial charge on any atom is 0.120 e. The van der Waals surface area contributed by atoms with Crippen molar-refractivity contribution in [2.75, 3.05) is 46.3 Å². The van der Waals surface area contributed by atoms with Crippen LogP contribution < -0.4 is 5.32 Å². The summed E-state index contributed by atoms with van der Waals surface area (Å²) in [7, 11) is 2.18. The van der Waals surface area contributed by atoms with Gasteiger partial charge in [-0.15, -0.1) is 0 Å². The van der Waals surface area contributed by atoms with Crippen molar-refractivity contribution in [2.24, 2.45) is 0 Å². The van der Waals surface area contributed by atoms with Crippen molar-refractivity contribution < 1.29 is 5.11 Å². The van der Waals surface area contributed by atoms with Gasteiger partial charge in [0.05, 0.1) is 0 Å². The summed E-state index contributed by atoms with van der Waals surface area (Å²) in [6, 6.07) is 5.96. The number of piperazine rings is 1. The molecule has 1 heterocycles. The summed E-state index contributed by atoms with van der Waals surface area (Å²) in [4.78, 5) is 4.87. The highest BCUT2D eigenvalue weighted by Crippen LogP contribution is 2.24. The van der Waals surface area contributed by atoms with Gasteiger partial charge in [-0.3, -0.25) is 4.90 Å². The van der Waals surface area contributed by atoms with E-state index < -0.39 is 0 Å². The number of likely N-dealkylation sites (N-methyl/N-ethyl adjacent to an activating group) is 1. The van der Waals surface area contributed by atoms with E-state index in [2.05, 4.69) is 42.1 Å². The first-order chi connectivity index (χ1) is 9.56. The highest BCUT2D eigenvalue weighted by Gasteiger charge is 2.14. The molecule has 4 nitrogen and oxygen atoms in total. The number of rotatable bonds is 5. The van der Waals surface area contributed by atoms with Gasteiger partial charge in [0.2, 0.25) is 0 Å². The van der Waals surface area contributed by atoms with Crippen LogP contribution in [0.25, 0.3) is 0 Å². The van der Waals surface area contributed by atoms with Gasteiger partial charge in [0.1, 0.15) is 5.75 Å². The minimum atomic E-state index is 0.183. The molecule has 1 aromatic rings. The smallest absolute Gasteiger partial charge is 0.120 e. The van der Waals surface area contributed by atoms with Crippen molar-refractivity contribution >= 4 is 0 Å². The first-order valence-corrected chi connectivity index (χ1v) is 7.50. The van der Waals surface area contributed by atoms with Crippen molar-refractivity contribution in [1.29, 1.82) is 0 Å². The highest BCUT2D eigenvalue weighted by molar-refractivity contribution is 5.37. The molecule has 1 saturated heterocycles. The molecule has 4 heteroatoms. The topological polar surface area (TPSA) is 38.7 Å². The van der Waals surface area contributed by atoms with E-state index >= 15 is 0 Å². The van der Waals surface area contributed by atoms with E-state index in [0.29, 0.717) is 5.75 Å². The zero-order valence-electron chi connectivity index (χ0n) is 12.9. The summed E-state index contributed by atoms with van der Waals surface area (Å²) in [5, 5.41) is 13.4. The molecule has 0 aromatic heterocycles. The number of aryl methyl sites for hydroxylation is 1. The van der Waals surface area contributed by atoms with Gasteiger partial charge in [0, 0.05) is 50.9 Å². The molecule has 1 aliphatic heterocycles. The van der Waals surface area contributed by atoms with Gasteiger partial charge in [0.15, 0.2) is 0 Å². The van der Waals surface area contributed by atoms with E-state index in [-0.39, 0.29) is 6.04 Å². The van der Waals surface area contributed by atoms with Crippen LogP contribution in [0, 0.1) is 6.92 Å². The van der Waals surface area contributed by atoms with Crippen LogP contribution >= 0.6 is 0 Å². The Morgan fingerprint density at radius 2 is 1.95 bits per heavy atom. The molecular weight excluding hydrogens is 250 g/mol. The van der Waals surface area contributed by atoms with E-state index in [4.69, 9.17) is 0 Å². The van der Waals surface area contributed by atoms with Crippen LogP contribution in [0.4, 0.5) is 0 Å². The molecule has 0 radical (unpaired) electrons. The van der Waals surface area contributed by atoms with E-state index in [1.165, 1.54) is 5.56 Å². The van der Waals surface area contributed by atoms with Gasteiger partial charge in [-0.1, -0.05) is 17.7 Å². The summed E-state index contributed by atoms with van der Waals surface area (Å²) < 4.78 is 0. The molecule has 1 unspecified atom stereocenters. The third-order valence-corrected chi connectivity index (χ3v) is 4.12. The molecule has 0 amide bonds. The lowest BCUT2D eigenvalue weighted by Crippen LogP contribution is -2.46. The summed E-state index contributed by atoms with van der Waals surface area (Å²) >= 11 is 0. The minimum absolute atomic E-state index is 0.183. The summed E-state index contributed by atoms with van der Waals surface area (Å²) in [6.07, 6.45) is 0. The zero-order chi connectivity index (χ0) is 14.5. The van der Waals surface area contributed by atoms with E-state index in [1.54, 1.807) is 6.07 Å². The lowest BCUT2D eigenvalue weighted by Gasteiger charge is -2.32. The Balaban J connectivity index is 1.77. The van der Waals surface area contributed by atoms with Gasteiger partial charge in [0.25, 0.3) is 0 Å². The number of phenols is 1. The van der Waals surface area contributed by atoms with Crippen molar-refractivity contribution in [3.63, 3.8) is 0 Å². The molecule has 0 spiro atoms. The van der Waals surface area contributed by atoms with E-state index in [1.807, 2.05) is 6.07 Å². The molecule has 1 atom stereocenters. The van der Waals surface area contributed by atoms with Crippen LogP contribution in [0.2, 0.25) is 0 Å². The summed E-state index contributed by atoms with van der Waals surface area (Å²) in [6.45, 7) is 10.8. The predicted octanol–water partition coefficient (Wildman–Crippen LogP) is 1.60. The van der Waals surface area contributed by atoms with Crippen LogP contribution in [0.3, 0.4) is 0 Å². The molecule has 2 N–H and O–H groups in total. The lowest BCUT2D eigenvalue weighted by atomic mass is 10.0. The largest absolute Gasteiger partial charge is 0.508 e. The highest BCUT2D eigenvalue weighted by atomic mass is 16.3. The normalized spacial score (nSPS) is 19.1. The van der Waals surface area contributed by atoms with Gasteiger partial charge in [-0.25, -0.2) is 0 Å².